The van der Waals surface area contributed by atoms with Crippen molar-refractivity contribution in [2.45, 2.75) is 11.6 Å². The molecule has 0 atom stereocenters. The predicted molar refractivity (Wildman–Crippen MR) is 77.2 cm³/mol. The van der Waals surface area contributed by atoms with Crippen molar-refractivity contribution in [3.8, 4) is 0 Å². The second kappa shape index (κ2) is 5.41. The van der Waals surface area contributed by atoms with Crippen LogP contribution in [0.2, 0.25) is 0 Å². The van der Waals surface area contributed by atoms with Crippen LogP contribution in [0.15, 0.2) is 60.0 Å². The zero-order valence-electron chi connectivity index (χ0n) is 11.0. The van der Waals surface area contributed by atoms with Crippen molar-refractivity contribution in [3.63, 3.8) is 0 Å². The number of hydrogen-bond acceptors (Lipinski definition) is 4. The van der Waals surface area contributed by atoms with Crippen LogP contribution in [0.3, 0.4) is 0 Å². The molecule has 0 spiro atoms. The molecule has 0 saturated heterocycles. The third-order valence-corrected chi connectivity index (χ3v) is 4.16. The Morgan fingerprint density at radius 1 is 1.19 bits per heavy atom. The van der Waals surface area contributed by atoms with Crippen LogP contribution in [-0.4, -0.2) is 28.4 Å². The van der Waals surface area contributed by atoms with Gasteiger partial charge in [0, 0.05) is 18.1 Å². The van der Waals surface area contributed by atoms with Gasteiger partial charge in [0.1, 0.15) is 0 Å². The fraction of sp³-hybridized carbons (Fsp3) is 0.0769. The van der Waals surface area contributed by atoms with Crippen molar-refractivity contribution in [1.29, 1.82) is 0 Å². The summed E-state index contributed by atoms with van der Waals surface area (Å²) in [7, 11) is -3.64. The summed E-state index contributed by atoms with van der Waals surface area (Å²) in [4.78, 5) is 0. The first kappa shape index (κ1) is 13.4. The molecule has 0 radical (unpaired) electrons. The first-order valence-corrected chi connectivity index (χ1v) is 7.70. The molecule has 2 heterocycles. The van der Waals surface area contributed by atoms with Crippen LogP contribution in [0.5, 0.6) is 0 Å². The SMILES string of the molecule is O=S(=O)(Nc1cccc(Cn2cccn2)c1)c1ccn[nH]1. The van der Waals surface area contributed by atoms with E-state index >= 15 is 0 Å². The van der Waals surface area contributed by atoms with Gasteiger partial charge in [0.15, 0.2) is 5.03 Å². The van der Waals surface area contributed by atoms with Gasteiger partial charge in [0.2, 0.25) is 0 Å². The molecular weight excluding hydrogens is 290 g/mol. The van der Waals surface area contributed by atoms with Crippen molar-refractivity contribution in [1.82, 2.24) is 20.0 Å². The lowest BCUT2D eigenvalue weighted by molar-refractivity contribution is 0.597. The Kier molecular flexibility index (Phi) is 3.44. The predicted octanol–water partition coefficient (Wildman–Crippen LogP) is 1.46. The van der Waals surface area contributed by atoms with Crippen molar-refractivity contribution >= 4 is 15.7 Å². The summed E-state index contributed by atoms with van der Waals surface area (Å²) in [5.74, 6) is 0. The number of aromatic nitrogens is 4. The van der Waals surface area contributed by atoms with Crippen LogP contribution in [0, 0.1) is 0 Å². The van der Waals surface area contributed by atoms with E-state index in [0.717, 1.165) is 5.56 Å². The summed E-state index contributed by atoms with van der Waals surface area (Å²) >= 11 is 0. The maximum Gasteiger partial charge on any atom is 0.278 e. The lowest BCUT2D eigenvalue weighted by atomic mass is 10.2. The van der Waals surface area contributed by atoms with E-state index in [1.165, 1.54) is 12.3 Å². The van der Waals surface area contributed by atoms with Crippen LogP contribution in [0.1, 0.15) is 5.56 Å². The van der Waals surface area contributed by atoms with E-state index in [-0.39, 0.29) is 5.03 Å². The second-order valence-electron chi connectivity index (χ2n) is 4.43. The van der Waals surface area contributed by atoms with Gasteiger partial charge in [-0.2, -0.15) is 18.6 Å². The molecule has 7 nitrogen and oxygen atoms in total. The molecule has 0 saturated carbocycles. The molecule has 1 aromatic carbocycles. The number of nitrogens with one attached hydrogen (secondary N) is 2. The number of rotatable bonds is 5. The summed E-state index contributed by atoms with van der Waals surface area (Å²) < 4.78 is 28.5. The van der Waals surface area contributed by atoms with Crippen LogP contribution in [0.4, 0.5) is 5.69 Å². The molecule has 0 aliphatic heterocycles. The summed E-state index contributed by atoms with van der Waals surface area (Å²) in [6.45, 7) is 0.576. The molecular formula is C13H13N5O2S. The summed E-state index contributed by atoms with van der Waals surface area (Å²) in [5, 5.41) is 10.2. The van der Waals surface area contributed by atoms with Crippen molar-refractivity contribution < 1.29 is 8.42 Å². The van der Waals surface area contributed by atoms with Gasteiger partial charge in [0.25, 0.3) is 10.0 Å². The van der Waals surface area contributed by atoms with Crippen LogP contribution >= 0.6 is 0 Å². The summed E-state index contributed by atoms with van der Waals surface area (Å²) in [6, 6.07) is 10.4. The van der Waals surface area contributed by atoms with E-state index in [4.69, 9.17) is 0 Å². The quantitative estimate of drug-likeness (QED) is 0.746. The molecule has 0 unspecified atom stereocenters. The molecule has 0 aliphatic carbocycles. The third kappa shape index (κ3) is 3.11. The lowest BCUT2D eigenvalue weighted by Gasteiger charge is -2.08. The first-order valence-electron chi connectivity index (χ1n) is 6.22. The van der Waals surface area contributed by atoms with Gasteiger partial charge in [-0.3, -0.25) is 14.5 Å². The molecule has 8 heteroatoms. The standard InChI is InChI=1S/C13H13N5O2S/c19-21(20,13-5-7-14-16-13)17-12-4-1-3-11(9-12)10-18-8-2-6-15-18/h1-9,17H,10H2,(H,14,16). The van der Waals surface area contributed by atoms with Crippen LogP contribution in [-0.2, 0) is 16.6 Å². The number of anilines is 1. The zero-order valence-corrected chi connectivity index (χ0v) is 11.8. The Labute approximate surface area is 121 Å². The van der Waals surface area contributed by atoms with E-state index in [9.17, 15) is 8.42 Å². The molecule has 3 aromatic rings. The average molecular weight is 303 g/mol. The summed E-state index contributed by atoms with van der Waals surface area (Å²) in [5.41, 5.74) is 1.44. The minimum absolute atomic E-state index is 0.0278. The molecule has 2 N–H and O–H groups in total. The molecule has 0 fully saturated rings. The van der Waals surface area contributed by atoms with E-state index in [1.807, 2.05) is 18.3 Å². The van der Waals surface area contributed by atoms with E-state index in [1.54, 1.807) is 29.1 Å². The molecule has 0 amide bonds. The number of benzene rings is 1. The lowest BCUT2D eigenvalue weighted by Crippen LogP contribution is -2.13. The zero-order chi connectivity index (χ0) is 14.7. The van der Waals surface area contributed by atoms with Gasteiger partial charge in [0.05, 0.1) is 12.7 Å². The Hall–Kier alpha value is -2.61. The Bertz CT molecular complexity index is 810. The van der Waals surface area contributed by atoms with Crippen molar-refractivity contribution in [2.75, 3.05) is 4.72 Å². The van der Waals surface area contributed by atoms with Gasteiger partial charge in [-0.15, -0.1) is 0 Å². The monoisotopic (exact) mass is 303 g/mol. The number of hydrogen-bond donors (Lipinski definition) is 2. The topological polar surface area (TPSA) is 92.7 Å². The van der Waals surface area contributed by atoms with E-state index in [2.05, 4.69) is 20.0 Å². The normalized spacial score (nSPS) is 11.4. The molecule has 0 aliphatic rings. The molecule has 3 rings (SSSR count). The van der Waals surface area contributed by atoms with Crippen LogP contribution < -0.4 is 4.72 Å². The molecule has 21 heavy (non-hydrogen) atoms. The summed E-state index contributed by atoms with van der Waals surface area (Å²) in [6.07, 6.45) is 4.94. The number of aromatic amines is 1. The average Bonchev–Trinajstić information content (AvgIpc) is 3.11. The Morgan fingerprint density at radius 3 is 2.81 bits per heavy atom. The number of nitrogens with zero attached hydrogens (tertiary/aromatic N) is 3. The minimum atomic E-state index is -3.64. The van der Waals surface area contributed by atoms with Gasteiger partial charge in [-0.1, -0.05) is 12.1 Å². The largest absolute Gasteiger partial charge is 0.278 e. The highest BCUT2D eigenvalue weighted by atomic mass is 32.2. The fourth-order valence-electron chi connectivity index (χ4n) is 1.92. The Morgan fingerprint density at radius 2 is 2.10 bits per heavy atom. The minimum Gasteiger partial charge on any atom is -0.278 e. The molecule has 108 valence electrons. The third-order valence-electron chi connectivity index (χ3n) is 2.85. The van der Waals surface area contributed by atoms with Gasteiger partial charge >= 0.3 is 0 Å². The fourth-order valence-corrected chi connectivity index (χ4v) is 2.88. The second-order valence-corrected chi connectivity index (χ2v) is 6.08. The Balaban J connectivity index is 1.80. The highest BCUT2D eigenvalue weighted by Crippen LogP contribution is 2.16. The smallest absolute Gasteiger partial charge is 0.278 e. The van der Waals surface area contributed by atoms with Gasteiger partial charge in [-0.25, -0.2) is 0 Å². The van der Waals surface area contributed by atoms with Crippen molar-refractivity contribution in [3.05, 3.63) is 60.6 Å². The molecule has 2 aromatic heterocycles. The van der Waals surface area contributed by atoms with Crippen molar-refractivity contribution in [2.24, 2.45) is 0 Å². The highest BCUT2D eigenvalue weighted by molar-refractivity contribution is 7.92. The van der Waals surface area contributed by atoms with E-state index in [0.29, 0.717) is 12.2 Å². The highest BCUT2D eigenvalue weighted by Gasteiger charge is 2.15. The maximum absolute atomic E-state index is 12.1. The molecule has 0 bridgehead atoms. The van der Waals surface area contributed by atoms with Gasteiger partial charge < -0.3 is 0 Å². The number of sulfonamides is 1. The van der Waals surface area contributed by atoms with Gasteiger partial charge in [-0.05, 0) is 29.8 Å². The van der Waals surface area contributed by atoms with E-state index < -0.39 is 10.0 Å². The van der Waals surface area contributed by atoms with Crippen LogP contribution in [0.25, 0.3) is 0 Å². The number of H-pyrrole nitrogens is 1. The maximum atomic E-state index is 12.1. The first-order chi connectivity index (χ1) is 10.1.